The summed E-state index contributed by atoms with van der Waals surface area (Å²) in [6.45, 7) is 64.4. The predicted molar refractivity (Wildman–Crippen MR) is 575 cm³/mol. The van der Waals surface area contributed by atoms with E-state index in [4.69, 9.17) is 0 Å². The molecule has 7 aromatic heterocycles. The van der Waals surface area contributed by atoms with Crippen LogP contribution in [0.5, 0.6) is 0 Å². The third-order valence-corrected chi connectivity index (χ3v) is 19.0. The molecule has 0 aliphatic rings. The summed E-state index contributed by atoms with van der Waals surface area (Å²) in [6, 6.07) is 81.0. The number of benzene rings is 7. The summed E-state index contributed by atoms with van der Waals surface area (Å²) in [6.07, 6.45) is 14.3. The van der Waals surface area contributed by atoms with Crippen molar-refractivity contribution in [3.8, 4) is 0 Å². The number of para-hydroxylation sites is 2. The van der Waals surface area contributed by atoms with Crippen LogP contribution in [0.2, 0.25) is 0 Å². The Bertz CT molecular complexity index is 5580. The number of hydrogen-bond donors (Lipinski definition) is 0. The van der Waals surface area contributed by atoms with E-state index in [2.05, 4.69) is 68.7 Å². The van der Waals surface area contributed by atoms with Crippen molar-refractivity contribution in [2.75, 3.05) is 0 Å². The molecule has 0 saturated carbocycles. The Morgan fingerprint density at radius 2 is 0.755 bits per heavy atom. The Hall–Kier alpha value is -9.59. The Morgan fingerprint density at radius 3 is 1.15 bits per heavy atom. The maximum absolute atomic E-state index is 12.3. The van der Waals surface area contributed by atoms with E-state index >= 15 is 0 Å². The van der Waals surface area contributed by atoms with Gasteiger partial charge in [0, 0.05) is 177 Å². The third-order valence-electron chi connectivity index (χ3n) is 19.0. The van der Waals surface area contributed by atoms with E-state index in [1.54, 1.807) is 57.1 Å². The van der Waals surface area contributed by atoms with Crippen LogP contribution in [0.1, 0.15) is 312 Å². The summed E-state index contributed by atoms with van der Waals surface area (Å²) in [4.78, 5) is 116. The van der Waals surface area contributed by atoms with Gasteiger partial charge in [-0.15, -0.1) is 6.20 Å². The first-order valence-electron chi connectivity index (χ1n) is 48.2. The first kappa shape index (κ1) is 144. The molecule has 780 valence electrons. The van der Waals surface area contributed by atoms with Gasteiger partial charge < -0.3 is 70.1 Å². The van der Waals surface area contributed by atoms with E-state index < -0.39 is 0 Å². The second-order valence-electron chi connectivity index (χ2n) is 34.4. The molecule has 6 radical (unpaired) electrons. The maximum Gasteiger partial charge on any atom is 0.257 e. The van der Waals surface area contributed by atoms with Gasteiger partial charge in [0.05, 0.1) is 36.0 Å². The molecule has 7 aromatic carbocycles. The predicted octanol–water partition coefficient (Wildman–Crippen LogP) is 26.4. The van der Waals surface area contributed by atoms with E-state index in [1.165, 1.54) is 27.6 Å². The van der Waals surface area contributed by atoms with Crippen molar-refractivity contribution in [2.24, 2.45) is 0 Å². The molecule has 7 heterocycles. The molecule has 143 heavy (non-hydrogen) atoms. The zero-order chi connectivity index (χ0) is 103. The average molecular weight is 2980 g/mol. The Kier molecular flexibility index (Phi) is 79.3. The maximum atomic E-state index is 12.3. The van der Waals surface area contributed by atoms with E-state index in [9.17, 15) is 33.6 Å². The first-order valence-corrected chi connectivity index (χ1v) is 48.2. The molecule has 0 fully saturated rings. The molecule has 0 saturated heterocycles. The molecule has 21 nitrogen and oxygen atoms in total. The molecule has 0 unspecified atom stereocenters. The Balaban J connectivity index is -0.000000372. The van der Waals surface area contributed by atoms with Gasteiger partial charge in [-0.1, -0.05) is 415 Å². The summed E-state index contributed by atoms with van der Waals surface area (Å²) in [5.74, 6) is 1.29. The van der Waals surface area contributed by atoms with Crippen LogP contribution < -0.4 is 53.9 Å². The van der Waals surface area contributed by atoms with Crippen LogP contribution in [-0.4, -0.2) is 43.2 Å². The molecule has 0 N–H and O–H groups in total. The number of nitrogens with zero attached hydrogens (tertiary/aromatic N) is 14. The summed E-state index contributed by atoms with van der Waals surface area (Å²) < 4.78 is 6.58. The molecular weight excluding hydrogens is 2820 g/mol. The van der Waals surface area contributed by atoms with Gasteiger partial charge in [-0.2, -0.15) is 11.6 Å². The second-order valence-corrected chi connectivity index (χ2v) is 34.4. The van der Waals surface area contributed by atoms with Gasteiger partial charge in [-0.05, 0) is 158 Å². The van der Waals surface area contributed by atoms with Gasteiger partial charge >= 0.3 is 0 Å². The van der Waals surface area contributed by atoms with Crippen LogP contribution >= 0.6 is 0 Å². The van der Waals surface area contributed by atoms with Gasteiger partial charge in [0.1, 0.15) is 5.56 Å². The second kappa shape index (κ2) is 78.7. The van der Waals surface area contributed by atoms with Gasteiger partial charge in [0.15, 0.2) is 5.56 Å². The molecule has 14 rings (SSSR count). The third kappa shape index (κ3) is 55.0. The Labute approximate surface area is 937 Å². The monoisotopic (exact) mass is 2980 g/mol. The van der Waals surface area contributed by atoms with Crippen molar-refractivity contribution in [1.29, 1.82) is 0 Å². The summed E-state index contributed by atoms with van der Waals surface area (Å²) in [5, 5.41) is 8.43. The molecule has 0 atom stereocenters. The van der Waals surface area contributed by atoms with Crippen molar-refractivity contribution in [1.82, 2.24) is 58.1 Å². The van der Waals surface area contributed by atoms with Crippen molar-refractivity contribution in [3.63, 3.8) is 0 Å². The SMILES string of the molecule is CC.CC.CC.CC.CC.CC.CC.CC(C)(C)c1ccc(Cc2ccccc2)[n-]c1=O.CC(C)(C)c1cnc([N-]c2ccccc2)[n-]c1=O.CC(C)(C)c1cncn(Cc2ccccc2)c1=O.CC(C)(C)n1ccc(Cc2ccccc2)cc1=O.CC(C)c1cnc(Cc2ccccc2)[n-]c1=O.CC(C)n1cnc(Cc2ccccc2)cc1=O.CC(C)n1cnc([N-]c2ccccc2)[c-]c1=O.[Re].[Re].[Re].[Re].[Re].[Re]. The molecule has 0 spiro atoms. The molecule has 0 aliphatic heterocycles. The van der Waals surface area contributed by atoms with Crippen LogP contribution in [0.4, 0.5) is 23.1 Å². The standard InChI is InChI=1S/2C16H19NO.C15H18N2O.C14H16N3O.2C14H16N2O.C13H14N3O.7C2H6.6Re/c1-16(2,3)17-10-9-14(12-15(17)18)11-13-7-5-4-6-8-13;1-16(2,3)14-10-9-13(17-15(14)18)11-12-7-5-4-6-8-12;1-15(2,3)13-9-16-11-17(14(13)18)10-12-7-5-4-6-8-12;1-14(2,3)11-9-15-13(17-12(11)18)16-10-7-5-4-6-8-10;1-11(2)16-10-15-13(9-14(16)17)8-12-6-4-3-5-7-12;1-10(2)12-9-15-13(16-14(12)17)8-11-6-4-3-5-7-11;1-10(2)16-9-14-12(8-13(16)17)15-11-6-4-3-5-7-11;7*1-2;;;;;;/h4-10,12H,11H2,1-3H3;4-10H,11H2,1-3H3,(H,17,18);4-9,11H,10H2,1-3H3;4-9H,1-3H3,(H-,15,16,17,18);3-7,9-11H,8H2,1-2H3;3-7,9-10H,8H2,1-2H3,(H,15,16,17);3-7,9-10H,1-2H3,(H,15,17);7*1-2H3;;;;;;/q;;;-1;;;-1;;;;;;;;;;;;;/p-4. The fourth-order valence-corrected chi connectivity index (χ4v) is 12.2. The van der Waals surface area contributed by atoms with Crippen molar-refractivity contribution in [3.05, 3.63) is 448 Å². The van der Waals surface area contributed by atoms with Gasteiger partial charge in [-0.3, -0.25) is 28.3 Å². The molecule has 0 aliphatic carbocycles. The van der Waals surface area contributed by atoms with Gasteiger partial charge in [0.25, 0.3) is 16.7 Å². The minimum absolute atomic E-state index is 0. The normalized spacial score (nSPS) is 9.87. The molecule has 27 heteroatoms. The topological polar surface area (TPSA) is 274 Å². The summed E-state index contributed by atoms with van der Waals surface area (Å²) >= 11 is 0. The number of hydrogen-bond acceptors (Lipinski definition) is 12. The quantitative estimate of drug-likeness (QED) is 0.0766. The van der Waals surface area contributed by atoms with Gasteiger partial charge in [-0.25, -0.2) is 15.8 Å². The number of rotatable bonds is 17. The largest absolute Gasteiger partial charge is 0.626 e. The smallest absolute Gasteiger partial charge is 0.257 e. The van der Waals surface area contributed by atoms with E-state index in [-0.39, 0.29) is 207 Å². The molecule has 14 aromatic rings. The van der Waals surface area contributed by atoms with Crippen LogP contribution in [0.15, 0.2) is 320 Å². The number of aromatic nitrogens is 12. The summed E-state index contributed by atoms with van der Waals surface area (Å²) in [7, 11) is 0. The fraction of sp³-hybridized carbons (Fsp3) is 0.379. The van der Waals surface area contributed by atoms with Crippen LogP contribution in [0, 0.1) is 6.07 Å². The van der Waals surface area contributed by atoms with Crippen molar-refractivity contribution < 1.29 is 123 Å². The average Bonchev–Trinajstić information content (AvgIpc) is 0.824. The summed E-state index contributed by atoms with van der Waals surface area (Å²) in [5.41, 5.74) is 11.5. The molecular formula is C116H156N14O7Re6-6. The minimum atomic E-state index is -0.257. The van der Waals surface area contributed by atoms with E-state index in [1.807, 2.05) is 446 Å². The van der Waals surface area contributed by atoms with Crippen molar-refractivity contribution in [2.45, 2.75) is 294 Å². The zero-order valence-corrected chi connectivity index (χ0v) is 107. The van der Waals surface area contributed by atoms with E-state index in [0.29, 0.717) is 48.6 Å². The van der Waals surface area contributed by atoms with Crippen LogP contribution in [0.3, 0.4) is 0 Å². The van der Waals surface area contributed by atoms with Crippen LogP contribution in [0.25, 0.3) is 10.6 Å². The zero-order valence-electron chi connectivity index (χ0n) is 90.3. The number of pyridine rings is 2. The van der Waals surface area contributed by atoms with Crippen LogP contribution in [-0.2, 0) is 177 Å². The van der Waals surface area contributed by atoms with Crippen molar-refractivity contribution >= 4 is 23.1 Å². The molecule has 0 bridgehead atoms. The molecule has 0 amide bonds. The fourth-order valence-electron chi connectivity index (χ4n) is 12.2. The minimum Gasteiger partial charge on any atom is -0.626 e. The Morgan fingerprint density at radius 1 is 0.350 bits per heavy atom. The first-order chi connectivity index (χ1) is 65.4. The van der Waals surface area contributed by atoms with Gasteiger partial charge in [0.2, 0.25) is 0 Å². The van der Waals surface area contributed by atoms with E-state index in [0.717, 1.165) is 57.0 Å².